The van der Waals surface area contributed by atoms with E-state index in [0.29, 0.717) is 37.3 Å². The van der Waals surface area contributed by atoms with E-state index >= 15 is 0 Å². The average molecular weight is 480 g/mol. The maximum absolute atomic E-state index is 13.0. The maximum Gasteiger partial charge on any atom is 0.243 e. The van der Waals surface area contributed by atoms with Gasteiger partial charge >= 0.3 is 0 Å². The van der Waals surface area contributed by atoms with Gasteiger partial charge in [0.2, 0.25) is 21.8 Å². The lowest BCUT2D eigenvalue weighted by Crippen LogP contribution is -2.51. The maximum atomic E-state index is 13.0. The van der Waals surface area contributed by atoms with Crippen molar-refractivity contribution in [3.05, 3.63) is 54.5 Å². The number of amides is 2. The average Bonchev–Trinajstić information content (AvgIpc) is 3.34. The summed E-state index contributed by atoms with van der Waals surface area (Å²) < 4.78 is 32.5. The molecule has 1 aliphatic rings. The first-order chi connectivity index (χ1) is 15.4. The normalized spacial score (nSPS) is 18.1. The fraction of sp³-hybridized carbons (Fsp3) is 0.455. The van der Waals surface area contributed by atoms with Crippen LogP contribution in [0, 0.1) is 5.92 Å². The zero-order chi connectivity index (χ0) is 23.0. The third-order valence-electron chi connectivity index (χ3n) is 5.40. The summed E-state index contributed by atoms with van der Waals surface area (Å²) in [6, 6.07) is 11.0. The van der Waals surface area contributed by atoms with Crippen molar-refractivity contribution in [1.29, 1.82) is 0 Å². The van der Waals surface area contributed by atoms with Crippen LogP contribution in [0.25, 0.3) is 0 Å². The Morgan fingerprint density at radius 2 is 2.00 bits per heavy atom. The number of nitrogens with zero attached hydrogens (tertiary/aromatic N) is 1. The van der Waals surface area contributed by atoms with Gasteiger partial charge in [0, 0.05) is 13.1 Å². The molecule has 32 heavy (non-hydrogen) atoms. The molecule has 1 fully saturated rings. The van der Waals surface area contributed by atoms with Crippen molar-refractivity contribution < 1.29 is 22.4 Å². The summed E-state index contributed by atoms with van der Waals surface area (Å²) >= 11 is 1.59. The molecule has 2 N–H and O–H groups in total. The van der Waals surface area contributed by atoms with E-state index in [1.165, 1.54) is 10.6 Å². The number of carbonyl (C=O) groups excluding carboxylic acids is 2. The number of furan rings is 1. The van der Waals surface area contributed by atoms with E-state index in [4.69, 9.17) is 4.42 Å². The molecule has 2 heterocycles. The first kappa shape index (κ1) is 24.3. The molecule has 0 aliphatic carbocycles. The van der Waals surface area contributed by atoms with Gasteiger partial charge in [-0.05, 0) is 55.5 Å². The molecule has 1 aliphatic heterocycles. The number of hydrogen-bond acceptors (Lipinski definition) is 6. The minimum absolute atomic E-state index is 0.103. The number of thioether (sulfide) groups is 1. The van der Waals surface area contributed by atoms with Gasteiger partial charge in [0.25, 0.3) is 0 Å². The molecule has 0 bridgehead atoms. The molecule has 0 spiro atoms. The Morgan fingerprint density at radius 3 is 2.69 bits per heavy atom. The van der Waals surface area contributed by atoms with Crippen molar-refractivity contribution >= 4 is 33.6 Å². The second-order valence-corrected chi connectivity index (χ2v) is 10.6. The molecule has 1 aromatic carbocycles. The third kappa shape index (κ3) is 6.36. The monoisotopic (exact) mass is 479 g/mol. The predicted molar refractivity (Wildman–Crippen MR) is 123 cm³/mol. The van der Waals surface area contributed by atoms with Gasteiger partial charge in [0.1, 0.15) is 11.8 Å². The van der Waals surface area contributed by atoms with E-state index in [1.54, 1.807) is 54.2 Å². The van der Waals surface area contributed by atoms with Gasteiger partial charge < -0.3 is 15.1 Å². The highest BCUT2D eigenvalue weighted by Crippen LogP contribution is 2.24. The van der Waals surface area contributed by atoms with Crippen LogP contribution >= 0.6 is 11.8 Å². The fourth-order valence-corrected chi connectivity index (χ4v) is 5.64. The first-order valence-electron chi connectivity index (χ1n) is 10.6. The fourth-order valence-electron chi connectivity index (χ4n) is 3.62. The lowest BCUT2D eigenvalue weighted by Gasteiger charge is -2.32. The Kier molecular flexibility index (Phi) is 8.77. The lowest BCUT2D eigenvalue weighted by atomic mass is 9.98. The quantitative estimate of drug-likeness (QED) is 0.541. The van der Waals surface area contributed by atoms with E-state index in [9.17, 15) is 18.0 Å². The number of sulfonamides is 1. The Morgan fingerprint density at radius 1 is 1.22 bits per heavy atom. The minimum Gasteiger partial charge on any atom is -0.467 e. The molecule has 0 saturated carbocycles. The van der Waals surface area contributed by atoms with Crippen LogP contribution in [0.2, 0.25) is 0 Å². The summed E-state index contributed by atoms with van der Waals surface area (Å²) in [5, 5.41) is 5.64. The van der Waals surface area contributed by atoms with Crippen LogP contribution in [0.15, 0.2) is 58.0 Å². The van der Waals surface area contributed by atoms with Crippen molar-refractivity contribution in [3.63, 3.8) is 0 Å². The molecule has 174 valence electrons. The van der Waals surface area contributed by atoms with Crippen molar-refractivity contribution in [2.75, 3.05) is 25.1 Å². The smallest absolute Gasteiger partial charge is 0.243 e. The predicted octanol–water partition coefficient (Wildman–Crippen LogP) is 2.23. The number of carbonyl (C=O) groups is 2. The van der Waals surface area contributed by atoms with Crippen LogP contribution < -0.4 is 10.6 Å². The van der Waals surface area contributed by atoms with Crippen LogP contribution in [0.1, 0.15) is 25.0 Å². The van der Waals surface area contributed by atoms with E-state index in [-0.39, 0.29) is 29.8 Å². The van der Waals surface area contributed by atoms with Crippen LogP contribution in [0.5, 0.6) is 0 Å². The summed E-state index contributed by atoms with van der Waals surface area (Å²) in [6.07, 6.45) is 5.12. The molecule has 10 heteroatoms. The van der Waals surface area contributed by atoms with Gasteiger partial charge in [-0.25, -0.2) is 8.42 Å². The molecular weight excluding hydrogens is 450 g/mol. The molecule has 8 nitrogen and oxygen atoms in total. The van der Waals surface area contributed by atoms with Gasteiger partial charge in [0.15, 0.2) is 0 Å². The molecule has 0 radical (unpaired) electrons. The highest BCUT2D eigenvalue weighted by Gasteiger charge is 2.34. The third-order valence-corrected chi connectivity index (χ3v) is 7.92. The van der Waals surface area contributed by atoms with Gasteiger partial charge in [-0.2, -0.15) is 16.1 Å². The van der Waals surface area contributed by atoms with Crippen LogP contribution in [-0.4, -0.2) is 55.7 Å². The molecule has 1 saturated heterocycles. The Bertz CT molecular complexity index is 980. The van der Waals surface area contributed by atoms with Gasteiger partial charge in [-0.15, -0.1) is 0 Å². The largest absolute Gasteiger partial charge is 0.467 e. The molecule has 0 unspecified atom stereocenters. The number of piperidine rings is 1. The van der Waals surface area contributed by atoms with E-state index in [0.717, 1.165) is 0 Å². The van der Waals surface area contributed by atoms with Crippen molar-refractivity contribution in [2.24, 2.45) is 5.92 Å². The zero-order valence-electron chi connectivity index (χ0n) is 18.0. The standard InChI is InChI=1S/C22H29N3O5S2/c1-31-14-11-20(22(27)23-15-18-8-6-13-30-18)24-21(26)17-7-5-12-25(16-17)32(28,29)19-9-3-2-4-10-19/h2-4,6,8-10,13,17,20H,5,7,11-12,14-16H2,1H3,(H,23,27)(H,24,26)/t17-,20+/m1/s1. The van der Waals surface area contributed by atoms with Crippen molar-refractivity contribution in [3.8, 4) is 0 Å². The summed E-state index contributed by atoms with van der Waals surface area (Å²) in [5.41, 5.74) is 0. The molecule has 1 aromatic heterocycles. The second kappa shape index (κ2) is 11.5. The summed E-state index contributed by atoms with van der Waals surface area (Å²) in [5.74, 6) is 0.253. The van der Waals surface area contributed by atoms with Crippen molar-refractivity contribution in [1.82, 2.24) is 14.9 Å². The SMILES string of the molecule is CSCC[C@H](NC(=O)[C@@H]1CCCN(S(=O)(=O)c2ccccc2)C1)C(=O)NCc1ccco1. The Hall–Kier alpha value is -2.30. The Balaban J connectivity index is 1.62. The van der Waals surface area contributed by atoms with Gasteiger partial charge in [-0.1, -0.05) is 18.2 Å². The summed E-state index contributed by atoms with van der Waals surface area (Å²) in [6.45, 7) is 0.719. The number of hydrogen-bond donors (Lipinski definition) is 2. The second-order valence-electron chi connectivity index (χ2n) is 7.66. The highest BCUT2D eigenvalue weighted by molar-refractivity contribution is 7.98. The number of nitrogens with one attached hydrogen (secondary N) is 2. The minimum atomic E-state index is -3.66. The van der Waals surface area contributed by atoms with Crippen LogP contribution in [-0.2, 0) is 26.2 Å². The zero-order valence-corrected chi connectivity index (χ0v) is 19.7. The highest BCUT2D eigenvalue weighted by atomic mass is 32.2. The molecule has 2 atom stereocenters. The first-order valence-corrected chi connectivity index (χ1v) is 13.4. The lowest BCUT2D eigenvalue weighted by molar-refractivity contribution is -0.132. The molecule has 2 aromatic rings. The van der Waals surface area contributed by atoms with Gasteiger partial charge in [-0.3, -0.25) is 9.59 Å². The molecular formula is C22H29N3O5S2. The van der Waals surface area contributed by atoms with Crippen molar-refractivity contribution in [2.45, 2.75) is 36.7 Å². The Labute approximate surface area is 193 Å². The number of rotatable bonds is 10. The molecule has 3 rings (SSSR count). The summed E-state index contributed by atoms with van der Waals surface area (Å²) in [7, 11) is -3.66. The van der Waals surface area contributed by atoms with Crippen LogP contribution in [0.4, 0.5) is 0 Å². The molecule has 2 amide bonds. The topological polar surface area (TPSA) is 109 Å². The summed E-state index contributed by atoms with van der Waals surface area (Å²) in [4.78, 5) is 25.9. The van der Waals surface area contributed by atoms with E-state index in [2.05, 4.69) is 10.6 Å². The van der Waals surface area contributed by atoms with E-state index in [1.807, 2.05) is 6.26 Å². The van der Waals surface area contributed by atoms with Gasteiger partial charge in [0.05, 0.1) is 23.6 Å². The van der Waals surface area contributed by atoms with E-state index < -0.39 is 22.0 Å². The van der Waals surface area contributed by atoms with Crippen LogP contribution in [0.3, 0.4) is 0 Å². The number of benzene rings is 1.